The number of methoxy groups -OCH3 is 3. The molecule has 12 nitrogen and oxygen atoms in total. The van der Waals surface area contributed by atoms with Crippen molar-refractivity contribution in [1.82, 2.24) is 0 Å². The minimum atomic E-state index is -6.28. The molecule has 0 bridgehead atoms. The van der Waals surface area contributed by atoms with E-state index in [0.717, 1.165) is 57.7 Å². The standard InChI is InChI=1S/C27H21F9O12S3/c1-43-19-7-13-4-17-11-23(47-50(39,40)26(31,32)33)21(45-3)9-15(17)6-18-12-24(48-51(41,42)27(34,35)36)20(44-2)8-14(18)5-16(13)10-22(19)46-49(37,38)25(28,29)30/h7-12H,4-6H2,1-3H3. The van der Waals surface area contributed by atoms with Crippen LogP contribution in [0, 0.1) is 0 Å². The average molecular weight is 805 g/mol. The van der Waals surface area contributed by atoms with Crippen LogP contribution in [0.3, 0.4) is 0 Å². The van der Waals surface area contributed by atoms with Crippen LogP contribution in [0.1, 0.15) is 33.4 Å². The molecular weight excluding hydrogens is 783 g/mol. The summed E-state index contributed by atoms with van der Waals surface area (Å²) < 4.78 is 218. The molecule has 3 aromatic carbocycles. The molecule has 0 aromatic heterocycles. The van der Waals surface area contributed by atoms with Gasteiger partial charge in [-0.05, 0) is 89.0 Å². The number of fused-ring (bicyclic) bond motifs is 3. The summed E-state index contributed by atoms with van der Waals surface area (Å²) >= 11 is 0. The monoisotopic (exact) mass is 804 g/mol. The molecule has 0 N–H and O–H groups in total. The number of ether oxygens (including phenoxy) is 3. The van der Waals surface area contributed by atoms with Crippen molar-refractivity contribution in [3.63, 3.8) is 0 Å². The highest BCUT2D eigenvalue weighted by atomic mass is 32.2. The molecule has 0 heterocycles. The van der Waals surface area contributed by atoms with Crippen LogP contribution < -0.4 is 26.8 Å². The number of benzene rings is 3. The Hall–Kier alpha value is -4.32. The van der Waals surface area contributed by atoms with Crippen molar-refractivity contribution in [3.8, 4) is 34.5 Å². The molecule has 0 saturated carbocycles. The number of halogens is 9. The lowest BCUT2D eigenvalue weighted by Gasteiger charge is -2.18. The van der Waals surface area contributed by atoms with Crippen LogP contribution in [0.15, 0.2) is 36.4 Å². The van der Waals surface area contributed by atoms with Crippen LogP contribution in [-0.2, 0) is 49.6 Å². The van der Waals surface area contributed by atoms with E-state index < -0.39 is 101 Å². The van der Waals surface area contributed by atoms with Gasteiger partial charge < -0.3 is 26.8 Å². The SMILES string of the molecule is COc1cc2c(cc1OS(=O)(=O)C(F)(F)F)Cc1cc(OC)c(OS(=O)(=O)C(F)(F)F)cc1Cc1cc(OC)c(OS(=O)(=O)C(F)(F)F)cc1C2. The molecule has 0 aliphatic heterocycles. The van der Waals surface area contributed by atoms with Gasteiger partial charge in [0, 0.05) is 0 Å². The average Bonchev–Trinajstić information content (AvgIpc) is 3.03. The van der Waals surface area contributed by atoms with Gasteiger partial charge in [-0.3, -0.25) is 0 Å². The molecule has 282 valence electrons. The molecule has 3 aromatic rings. The minimum absolute atomic E-state index is 0.0582. The highest BCUT2D eigenvalue weighted by Crippen LogP contribution is 2.43. The second-order valence-electron chi connectivity index (χ2n) is 10.3. The molecule has 0 atom stereocenters. The normalized spacial score (nSPS) is 14.1. The number of hydrogen-bond acceptors (Lipinski definition) is 12. The third kappa shape index (κ3) is 8.11. The molecular formula is C27H21F9O12S3. The van der Waals surface area contributed by atoms with Crippen LogP contribution in [0.25, 0.3) is 0 Å². The molecule has 0 unspecified atom stereocenters. The zero-order chi connectivity index (χ0) is 38.5. The first-order valence-corrected chi connectivity index (χ1v) is 17.6. The summed E-state index contributed by atoms with van der Waals surface area (Å²) in [7, 11) is -16.0. The fourth-order valence-corrected chi connectivity index (χ4v) is 6.09. The van der Waals surface area contributed by atoms with Gasteiger partial charge in [0.2, 0.25) is 0 Å². The first-order chi connectivity index (χ1) is 23.2. The van der Waals surface area contributed by atoms with Gasteiger partial charge in [0.05, 0.1) is 21.3 Å². The van der Waals surface area contributed by atoms with E-state index in [4.69, 9.17) is 14.2 Å². The molecule has 0 amide bonds. The van der Waals surface area contributed by atoms with E-state index in [1.165, 1.54) is 0 Å². The van der Waals surface area contributed by atoms with Crippen molar-refractivity contribution in [2.75, 3.05) is 21.3 Å². The van der Waals surface area contributed by atoms with Gasteiger partial charge in [-0.15, -0.1) is 0 Å². The van der Waals surface area contributed by atoms with Crippen LogP contribution in [0.4, 0.5) is 39.5 Å². The highest BCUT2D eigenvalue weighted by molar-refractivity contribution is 7.88. The Morgan fingerprint density at radius 2 is 0.569 bits per heavy atom. The van der Waals surface area contributed by atoms with Crippen molar-refractivity contribution >= 4 is 30.4 Å². The van der Waals surface area contributed by atoms with E-state index in [-0.39, 0.29) is 33.4 Å². The molecule has 51 heavy (non-hydrogen) atoms. The van der Waals surface area contributed by atoms with Crippen LogP contribution in [0.2, 0.25) is 0 Å². The van der Waals surface area contributed by atoms with Gasteiger partial charge in [0.15, 0.2) is 34.5 Å². The first-order valence-electron chi connectivity index (χ1n) is 13.3. The lowest BCUT2D eigenvalue weighted by atomic mass is 9.94. The Morgan fingerprint density at radius 1 is 0.392 bits per heavy atom. The molecule has 0 spiro atoms. The van der Waals surface area contributed by atoms with Gasteiger partial charge in [0.1, 0.15) is 0 Å². The Kier molecular flexibility index (Phi) is 10.3. The van der Waals surface area contributed by atoms with Crippen molar-refractivity contribution in [2.45, 2.75) is 35.8 Å². The zero-order valence-corrected chi connectivity index (χ0v) is 28.1. The Bertz CT molecular complexity index is 1930. The van der Waals surface area contributed by atoms with Gasteiger partial charge in [-0.25, -0.2) is 0 Å². The summed E-state index contributed by atoms with van der Waals surface area (Å²) in [5.41, 5.74) is -17.6. The molecule has 0 fully saturated rings. The quantitative estimate of drug-likeness (QED) is 0.119. The lowest BCUT2D eigenvalue weighted by Crippen LogP contribution is -2.28. The van der Waals surface area contributed by atoms with Crippen LogP contribution >= 0.6 is 0 Å². The van der Waals surface area contributed by atoms with E-state index >= 15 is 0 Å². The molecule has 4 rings (SSSR count). The maximum absolute atomic E-state index is 13.2. The van der Waals surface area contributed by atoms with E-state index in [1.54, 1.807) is 0 Å². The summed E-state index contributed by atoms with van der Waals surface area (Å²) in [6.45, 7) is 0. The van der Waals surface area contributed by atoms with E-state index in [1.807, 2.05) is 0 Å². The smallest absolute Gasteiger partial charge is 0.493 e. The van der Waals surface area contributed by atoms with E-state index in [9.17, 15) is 64.8 Å². The zero-order valence-electron chi connectivity index (χ0n) is 25.6. The van der Waals surface area contributed by atoms with E-state index in [0.29, 0.717) is 0 Å². The van der Waals surface area contributed by atoms with Gasteiger partial charge in [-0.2, -0.15) is 64.8 Å². The summed E-state index contributed by atoms with van der Waals surface area (Å²) in [4.78, 5) is 0. The Morgan fingerprint density at radius 3 is 0.725 bits per heavy atom. The predicted molar refractivity (Wildman–Crippen MR) is 154 cm³/mol. The number of alkyl halides is 9. The molecule has 1 aliphatic rings. The van der Waals surface area contributed by atoms with Crippen LogP contribution in [-0.4, -0.2) is 63.1 Å². The first kappa shape index (κ1) is 39.5. The summed E-state index contributed by atoms with van der Waals surface area (Å²) in [6.07, 6.45) is -1.22. The van der Waals surface area contributed by atoms with Gasteiger partial charge in [-0.1, -0.05) is 0 Å². The summed E-state index contributed by atoms with van der Waals surface area (Å²) in [6, 6.07) is 5.50. The fourth-order valence-electron chi connectivity index (χ4n) is 4.71. The Balaban J connectivity index is 2.04. The largest absolute Gasteiger partial charge is 0.534 e. The van der Waals surface area contributed by atoms with E-state index in [2.05, 4.69) is 12.5 Å². The second-order valence-corrected chi connectivity index (χ2v) is 14.9. The predicted octanol–water partition coefficient (Wildman–Crippen LogP) is 5.48. The number of hydrogen-bond donors (Lipinski definition) is 0. The topological polar surface area (TPSA) is 158 Å². The Labute approximate surface area is 282 Å². The molecule has 0 saturated heterocycles. The third-order valence-electron chi connectivity index (χ3n) is 7.05. The van der Waals surface area contributed by atoms with Crippen molar-refractivity contribution in [3.05, 3.63) is 69.8 Å². The van der Waals surface area contributed by atoms with Crippen LogP contribution in [0.5, 0.6) is 34.5 Å². The lowest BCUT2D eigenvalue weighted by molar-refractivity contribution is -0.0505. The van der Waals surface area contributed by atoms with Gasteiger partial charge in [0.25, 0.3) is 0 Å². The summed E-state index contributed by atoms with van der Waals surface area (Å²) in [5.74, 6) is -4.67. The van der Waals surface area contributed by atoms with Crippen molar-refractivity contribution in [2.24, 2.45) is 0 Å². The molecule has 0 radical (unpaired) electrons. The van der Waals surface area contributed by atoms with Crippen molar-refractivity contribution in [1.29, 1.82) is 0 Å². The third-order valence-corrected chi connectivity index (χ3v) is 9.95. The maximum Gasteiger partial charge on any atom is 0.534 e. The molecule has 1 aliphatic carbocycles. The fraction of sp³-hybridized carbons (Fsp3) is 0.333. The minimum Gasteiger partial charge on any atom is -0.493 e. The maximum atomic E-state index is 13.2. The van der Waals surface area contributed by atoms with Crippen molar-refractivity contribution < 1.29 is 91.5 Å². The number of rotatable bonds is 9. The second kappa shape index (κ2) is 13.3. The molecule has 24 heteroatoms. The highest BCUT2D eigenvalue weighted by Gasteiger charge is 2.51. The van der Waals surface area contributed by atoms with Gasteiger partial charge >= 0.3 is 46.9 Å². The summed E-state index contributed by atoms with van der Waals surface area (Å²) in [5, 5.41) is 0.